The molecule has 0 unspecified atom stereocenters. The Morgan fingerprint density at radius 2 is 2.19 bits per heavy atom. The van der Waals surface area contributed by atoms with E-state index in [1.165, 1.54) is 0 Å². The molecular weight excluding hydrogens is 264 g/mol. The van der Waals surface area contributed by atoms with E-state index < -0.39 is 0 Å². The molecule has 1 aliphatic rings. The minimum atomic E-state index is -0.0412. The van der Waals surface area contributed by atoms with Gasteiger partial charge in [0.1, 0.15) is 5.69 Å². The molecule has 1 aromatic carbocycles. The summed E-state index contributed by atoms with van der Waals surface area (Å²) in [5.41, 5.74) is 8.01. The number of amides is 1. The Labute approximate surface area is 124 Å². The number of rotatable bonds is 3. The van der Waals surface area contributed by atoms with Crippen molar-refractivity contribution in [3.63, 3.8) is 0 Å². The van der Waals surface area contributed by atoms with Crippen molar-refractivity contribution in [2.45, 2.75) is 25.8 Å². The van der Waals surface area contributed by atoms with E-state index in [0.29, 0.717) is 11.4 Å². The van der Waals surface area contributed by atoms with Gasteiger partial charge in [-0.2, -0.15) is 0 Å². The number of hydrogen-bond acceptors (Lipinski definition) is 3. The number of likely N-dealkylation sites (tertiary alicyclic amines) is 1. The molecule has 5 nitrogen and oxygen atoms in total. The van der Waals surface area contributed by atoms with E-state index in [-0.39, 0.29) is 11.9 Å². The molecule has 2 aromatic rings. The van der Waals surface area contributed by atoms with Gasteiger partial charge in [0.05, 0.1) is 11.2 Å². The van der Waals surface area contributed by atoms with Gasteiger partial charge in [0, 0.05) is 24.5 Å². The molecule has 0 saturated carbocycles. The van der Waals surface area contributed by atoms with E-state index in [2.05, 4.69) is 22.1 Å². The molecule has 0 aliphatic carbocycles. The first kappa shape index (κ1) is 13.9. The zero-order chi connectivity index (χ0) is 14.8. The Morgan fingerprint density at radius 3 is 2.86 bits per heavy atom. The monoisotopic (exact) mass is 286 g/mol. The average molecular weight is 286 g/mol. The number of aromatic nitrogens is 1. The van der Waals surface area contributed by atoms with Gasteiger partial charge in [-0.1, -0.05) is 19.1 Å². The summed E-state index contributed by atoms with van der Waals surface area (Å²) in [5, 5.41) is 4.10. The second kappa shape index (κ2) is 5.77. The summed E-state index contributed by atoms with van der Waals surface area (Å²) >= 11 is 0. The fourth-order valence-electron chi connectivity index (χ4n) is 2.96. The molecule has 5 heteroatoms. The molecule has 1 fully saturated rings. The van der Waals surface area contributed by atoms with Crippen molar-refractivity contribution >= 4 is 22.5 Å². The molecule has 1 aliphatic heterocycles. The Hall–Kier alpha value is -2.01. The molecular formula is C16H22N4O. The Balaban J connectivity index is 1.68. The lowest BCUT2D eigenvalue weighted by Crippen LogP contribution is -2.44. The quantitative estimate of drug-likeness (QED) is 0.755. The summed E-state index contributed by atoms with van der Waals surface area (Å²) in [4.78, 5) is 17.9. The molecule has 1 saturated heterocycles. The lowest BCUT2D eigenvalue weighted by atomic mass is 10.0. The van der Waals surface area contributed by atoms with Crippen LogP contribution in [-0.2, 0) is 0 Å². The topological polar surface area (TPSA) is 74.2 Å². The summed E-state index contributed by atoms with van der Waals surface area (Å²) in [7, 11) is 0. The highest BCUT2D eigenvalue weighted by atomic mass is 16.1. The fraction of sp³-hybridized carbons (Fsp3) is 0.438. The van der Waals surface area contributed by atoms with Gasteiger partial charge in [0.2, 0.25) is 0 Å². The van der Waals surface area contributed by atoms with Gasteiger partial charge >= 0.3 is 0 Å². The van der Waals surface area contributed by atoms with Gasteiger partial charge < -0.3 is 20.9 Å². The predicted molar refractivity (Wildman–Crippen MR) is 85.3 cm³/mol. The Kier molecular flexibility index (Phi) is 3.84. The van der Waals surface area contributed by atoms with Gasteiger partial charge in [0.25, 0.3) is 5.91 Å². The third-order valence-electron chi connectivity index (χ3n) is 4.30. The summed E-state index contributed by atoms with van der Waals surface area (Å²) in [5.74, 6) is -0.0412. The zero-order valence-electron chi connectivity index (χ0n) is 12.4. The SMILES string of the molecule is CCN1CCC(NC(=O)c2cc3cccc(N)c3[nH]2)CC1. The first-order chi connectivity index (χ1) is 10.2. The maximum atomic E-state index is 12.3. The van der Waals surface area contributed by atoms with Gasteiger partial charge in [-0.25, -0.2) is 0 Å². The molecule has 1 amide bonds. The lowest BCUT2D eigenvalue weighted by molar-refractivity contribution is 0.0908. The number of para-hydroxylation sites is 1. The Bertz CT molecular complexity index is 641. The molecule has 2 heterocycles. The highest BCUT2D eigenvalue weighted by molar-refractivity contribution is 6.00. The van der Waals surface area contributed by atoms with E-state index in [4.69, 9.17) is 5.73 Å². The molecule has 112 valence electrons. The van der Waals surface area contributed by atoms with Gasteiger partial charge in [-0.05, 0) is 31.5 Å². The second-order valence-corrected chi connectivity index (χ2v) is 5.68. The number of nitrogen functional groups attached to an aromatic ring is 1. The standard InChI is InChI=1S/C16H22N4O/c1-2-20-8-6-12(7-9-20)18-16(21)14-10-11-4-3-5-13(17)15(11)19-14/h3-5,10,12,19H,2,6-9,17H2,1H3,(H,18,21). The fourth-order valence-corrected chi connectivity index (χ4v) is 2.96. The van der Waals surface area contributed by atoms with Crippen molar-refractivity contribution in [1.82, 2.24) is 15.2 Å². The molecule has 4 N–H and O–H groups in total. The first-order valence-corrected chi connectivity index (χ1v) is 7.58. The number of piperidine rings is 1. The summed E-state index contributed by atoms with van der Waals surface area (Å²) in [6.45, 7) is 5.37. The van der Waals surface area contributed by atoms with Crippen molar-refractivity contribution < 1.29 is 4.79 Å². The van der Waals surface area contributed by atoms with Crippen LogP contribution in [0.1, 0.15) is 30.3 Å². The number of nitrogens with one attached hydrogen (secondary N) is 2. The van der Waals surface area contributed by atoms with E-state index in [0.717, 1.165) is 43.4 Å². The van der Waals surface area contributed by atoms with Crippen molar-refractivity contribution in [2.24, 2.45) is 0 Å². The summed E-state index contributed by atoms with van der Waals surface area (Å²) in [6.07, 6.45) is 2.03. The number of nitrogens with two attached hydrogens (primary N) is 1. The summed E-state index contributed by atoms with van der Waals surface area (Å²) in [6, 6.07) is 7.82. The van der Waals surface area contributed by atoms with Crippen molar-refractivity contribution in [3.05, 3.63) is 30.0 Å². The van der Waals surface area contributed by atoms with Crippen molar-refractivity contribution in [1.29, 1.82) is 0 Å². The van der Waals surface area contributed by atoms with Crippen LogP contribution in [0.5, 0.6) is 0 Å². The van der Waals surface area contributed by atoms with Crippen LogP contribution >= 0.6 is 0 Å². The number of nitrogens with zero attached hydrogens (tertiary/aromatic N) is 1. The molecule has 1 aromatic heterocycles. The molecule has 0 radical (unpaired) electrons. The minimum absolute atomic E-state index is 0.0412. The largest absolute Gasteiger partial charge is 0.397 e. The number of carbonyl (C=O) groups is 1. The predicted octanol–water partition coefficient (Wildman–Crippen LogP) is 1.96. The molecule has 3 rings (SSSR count). The van der Waals surface area contributed by atoms with E-state index in [9.17, 15) is 4.79 Å². The first-order valence-electron chi connectivity index (χ1n) is 7.58. The van der Waals surface area contributed by atoms with Crippen LogP contribution in [0.2, 0.25) is 0 Å². The second-order valence-electron chi connectivity index (χ2n) is 5.68. The number of H-pyrrole nitrogens is 1. The zero-order valence-corrected chi connectivity index (χ0v) is 12.4. The number of fused-ring (bicyclic) bond motifs is 1. The van der Waals surface area contributed by atoms with E-state index in [1.807, 2.05) is 24.3 Å². The average Bonchev–Trinajstić information content (AvgIpc) is 2.94. The lowest BCUT2D eigenvalue weighted by Gasteiger charge is -2.31. The van der Waals surface area contributed by atoms with E-state index in [1.54, 1.807) is 0 Å². The minimum Gasteiger partial charge on any atom is -0.397 e. The number of hydrogen-bond donors (Lipinski definition) is 3. The highest BCUT2D eigenvalue weighted by Gasteiger charge is 2.21. The highest BCUT2D eigenvalue weighted by Crippen LogP contribution is 2.21. The Morgan fingerprint density at radius 1 is 1.43 bits per heavy atom. The van der Waals surface area contributed by atoms with Crippen molar-refractivity contribution in [2.75, 3.05) is 25.4 Å². The van der Waals surface area contributed by atoms with Crippen molar-refractivity contribution in [3.8, 4) is 0 Å². The van der Waals surface area contributed by atoms with E-state index >= 15 is 0 Å². The van der Waals surface area contributed by atoms with Gasteiger partial charge in [0.15, 0.2) is 0 Å². The van der Waals surface area contributed by atoms with Crippen LogP contribution < -0.4 is 11.1 Å². The van der Waals surface area contributed by atoms with Crippen LogP contribution in [-0.4, -0.2) is 41.5 Å². The normalized spacial score (nSPS) is 17.2. The van der Waals surface area contributed by atoms with Crippen LogP contribution in [0.3, 0.4) is 0 Å². The van der Waals surface area contributed by atoms with Gasteiger partial charge in [-0.3, -0.25) is 4.79 Å². The summed E-state index contributed by atoms with van der Waals surface area (Å²) < 4.78 is 0. The number of carbonyl (C=O) groups excluding carboxylic acids is 1. The molecule has 0 bridgehead atoms. The molecule has 0 atom stereocenters. The number of aromatic amines is 1. The third kappa shape index (κ3) is 2.88. The maximum absolute atomic E-state index is 12.3. The van der Waals surface area contributed by atoms with Crippen LogP contribution in [0.25, 0.3) is 10.9 Å². The maximum Gasteiger partial charge on any atom is 0.267 e. The number of benzene rings is 1. The van der Waals surface area contributed by atoms with Gasteiger partial charge in [-0.15, -0.1) is 0 Å². The third-order valence-corrected chi connectivity index (χ3v) is 4.30. The molecule has 21 heavy (non-hydrogen) atoms. The van der Waals surface area contributed by atoms with Crippen LogP contribution in [0.15, 0.2) is 24.3 Å². The smallest absolute Gasteiger partial charge is 0.267 e. The van der Waals surface area contributed by atoms with Crippen LogP contribution in [0, 0.1) is 0 Å². The molecule has 0 spiro atoms. The van der Waals surface area contributed by atoms with Crippen LogP contribution in [0.4, 0.5) is 5.69 Å². The number of anilines is 1.